The number of hydrogen-bond acceptors (Lipinski definition) is 2. The number of unbranched alkanes of at least 4 members (excludes halogenated alkanes) is 1. The van der Waals surface area contributed by atoms with Gasteiger partial charge in [0.05, 0.1) is 0 Å². The third kappa shape index (κ3) is 6.97. The van der Waals surface area contributed by atoms with Crippen LogP contribution in [0.4, 0.5) is 0 Å². The summed E-state index contributed by atoms with van der Waals surface area (Å²) in [6, 6.07) is 10.4. The van der Waals surface area contributed by atoms with Crippen molar-refractivity contribution in [2.75, 3.05) is 6.54 Å². The molecule has 0 aliphatic rings. The number of hydrogen-bond donors (Lipinski definition) is 2. The monoisotopic (exact) mass is 262 g/mol. The summed E-state index contributed by atoms with van der Waals surface area (Å²) in [5.74, 6) is 0.131. The largest absolute Gasteiger partial charge is 0.351 e. The molecule has 0 aromatic heterocycles. The molecule has 0 saturated heterocycles. The van der Waals surface area contributed by atoms with Crippen molar-refractivity contribution in [1.29, 1.82) is 0 Å². The molecule has 0 radical (unpaired) electrons. The summed E-state index contributed by atoms with van der Waals surface area (Å²) in [5.41, 5.74) is 6.58. The number of benzene rings is 1. The first-order valence-corrected chi connectivity index (χ1v) is 7.08. The first-order valence-electron chi connectivity index (χ1n) is 7.08. The lowest BCUT2D eigenvalue weighted by atomic mass is 9.95. The minimum absolute atomic E-state index is 0.131. The molecule has 0 saturated carbocycles. The van der Waals surface area contributed by atoms with E-state index in [0.29, 0.717) is 13.0 Å². The molecule has 1 rings (SSSR count). The molecule has 1 aromatic carbocycles. The second kappa shape index (κ2) is 7.95. The number of carbonyl (C=O) groups excluding carboxylic acids is 1. The fourth-order valence-corrected chi connectivity index (χ4v) is 2.03. The Kier molecular flexibility index (Phi) is 6.57. The molecule has 0 spiro atoms. The van der Waals surface area contributed by atoms with Gasteiger partial charge in [-0.25, -0.2) is 0 Å². The van der Waals surface area contributed by atoms with Crippen LogP contribution in [0.3, 0.4) is 0 Å². The average molecular weight is 262 g/mol. The molecule has 0 bridgehead atoms. The second-order valence-corrected chi connectivity index (χ2v) is 5.66. The molecule has 0 unspecified atom stereocenters. The van der Waals surface area contributed by atoms with E-state index in [2.05, 4.69) is 31.3 Å². The van der Waals surface area contributed by atoms with E-state index in [4.69, 9.17) is 5.73 Å². The van der Waals surface area contributed by atoms with Gasteiger partial charge in [-0.3, -0.25) is 4.79 Å². The Labute approximate surface area is 116 Å². The van der Waals surface area contributed by atoms with Crippen molar-refractivity contribution in [3.63, 3.8) is 0 Å². The number of carbonyl (C=O) groups is 1. The van der Waals surface area contributed by atoms with Gasteiger partial charge in [0.1, 0.15) is 0 Å². The molecule has 0 fully saturated rings. The van der Waals surface area contributed by atoms with Crippen LogP contribution in [0.25, 0.3) is 0 Å². The molecular weight excluding hydrogens is 236 g/mol. The fraction of sp³-hybridized carbons (Fsp3) is 0.562. The molecule has 19 heavy (non-hydrogen) atoms. The summed E-state index contributed by atoms with van der Waals surface area (Å²) < 4.78 is 0. The Morgan fingerprint density at radius 3 is 2.53 bits per heavy atom. The summed E-state index contributed by atoms with van der Waals surface area (Å²) >= 11 is 0. The third-order valence-corrected chi connectivity index (χ3v) is 3.22. The van der Waals surface area contributed by atoms with Crippen LogP contribution in [0.2, 0.25) is 0 Å². The van der Waals surface area contributed by atoms with Crippen LogP contribution in [-0.4, -0.2) is 18.0 Å². The molecule has 3 N–H and O–H groups in total. The molecule has 0 aliphatic heterocycles. The van der Waals surface area contributed by atoms with Gasteiger partial charge in [0.15, 0.2) is 0 Å². The third-order valence-electron chi connectivity index (χ3n) is 3.22. The molecular formula is C16H26N2O. The molecule has 106 valence electrons. The Morgan fingerprint density at radius 2 is 1.89 bits per heavy atom. The minimum atomic E-state index is -0.157. The highest BCUT2D eigenvalue weighted by atomic mass is 16.1. The Hall–Kier alpha value is -1.35. The predicted octanol–water partition coefficient (Wildman–Crippen LogP) is 2.64. The lowest BCUT2D eigenvalue weighted by Crippen LogP contribution is -2.43. The molecule has 0 heterocycles. The second-order valence-electron chi connectivity index (χ2n) is 5.66. The Balaban J connectivity index is 2.32. The van der Waals surface area contributed by atoms with Crippen molar-refractivity contribution < 1.29 is 4.79 Å². The highest BCUT2D eigenvalue weighted by molar-refractivity contribution is 5.76. The number of nitrogens with two attached hydrogens (primary N) is 1. The lowest BCUT2D eigenvalue weighted by Gasteiger charge is -2.26. The van der Waals surface area contributed by atoms with Crippen LogP contribution in [0.15, 0.2) is 30.3 Å². The Morgan fingerprint density at radius 1 is 1.21 bits per heavy atom. The molecule has 3 nitrogen and oxygen atoms in total. The van der Waals surface area contributed by atoms with Gasteiger partial charge in [0, 0.05) is 12.0 Å². The SMILES string of the molecule is CC(C)(CCc1ccccc1)NC(=O)CCCCN. The van der Waals surface area contributed by atoms with Crippen molar-refractivity contribution in [2.24, 2.45) is 5.73 Å². The first kappa shape index (κ1) is 15.7. The van der Waals surface area contributed by atoms with Gasteiger partial charge in [-0.05, 0) is 51.6 Å². The number of amides is 1. The lowest BCUT2D eigenvalue weighted by molar-refractivity contribution is -0.122. The van der Waals surface area contributed by atoms with E-state index in [1.165, 1.54) is 5.56 Å². The van der Waals surface area contributed by atoms with Crippen LogP contribution >= 0.6 is 0 Å². The predicted molar refractivity (Wildman–Crippen MR) is 79.9 cm³/mol. The van der Waals surface area contributed by atoms with Gasteiger partial charge < -0.3 is 11.1 Å². The van der Waals surface area contributed by atoms with E-state index >= 15 is 0 Å². The van der Waals surface area contributed by atoms with E-state index in [-0.39, 0.29) is 11.4 Å². The summed E-state index contributed by atoms with van der Waals surface area (Å²) in [5, 5.41) is 3.11. The minimum Gasteiger partial charge on any atom is -0.351 e. The summed E-state index contributed by atoms with van der Waals surface area (Å²) in [6.45, 7) is 4.82. The maximum atomic E-state index is 11.8. The standard InChI is InChI=1S/C16H26N2O/c1-16(2,18-15(19)10-6-7-13-17)12-11-14-8-4-3-5-9-14/h3-5,8-9H,6-7,10-13,17H2,1-2H3,(H,18,19). The van der Waals surface area contributed by atoms with Crippen molar-refractivity contribution in [3.05, 3.63) is 35.9 Å². The highest BCUT2D eigenvalue weighted by Gasteiger charge is 2.19. The van der Waals surface area contributed by atoms with Crippen molar-refractivity contribution >= 4 is 5.91 Å². The topological polar surface area (TPSA) is 55.1 Å². The molecule has 3 heteroatoms. The summed E-state index contributed by atoms with van der Waals surface area (Å²) in [6.07, 6.45) is 4.29. The van der Waals surface area contributed by atoms with E-state index in [9.17, 15) is 4.79 Å². The van der Waals surface area contributed by atoms with Crippen LogP contribution in [0, 0.1) is 0 Å². The summed E-state index contributed by atoms with van der Waals surface area (Å²) in [4.78, 5) is 11.8. The van der Waals surface area contributed by atoms with Crippen LogP contribution in [0.1, 0.15) is 45.1 Å². The normalized spacial score (nSPS) is 11.3. The first-order chi connectivity index (χ1) is 9.03. The fourth-order valence-electron chi connectivity index (χ4n) is 2.03. The highest BCUT2D eigenvalue weighted by Crippen LogP contribution is 2.14. The van der Waals surface area contributed by atoms with Crippen molar-refractivity contribution in [1.82, 2.24) is 5.32 Å². The molecule has 1 aromatic rings. The van der Waals surface area contributed by atoms with Gasteiger partial charge >= 0.3 is 0 Å². The average Bonchev–Trinajstić information content (AvgIpc) is 2.37. The quantitative estimate of drug-likeness (QED) is 0.708. The maximum Gasteiger partial charge on any atom is 0.220 e. The molecule has 0 aliphatic carbocycles. The van der Waals surface area contributed by atoms with Gasteiger partial charge in [0.2, 0.25) is 5.91 Å². The van der Waals surface area contributed by atoms with Gasteiger partial charge in [-0.2, -0.15) is 0 Å². The molecule has 1 amide bonds. The Bertz CT molecular complexity index is 374. The van der Waals surface area contributed by atoms with Crippen LogP contribution in [-0.2, 0) is 11.2 Å². The van der Waals surface area contributed by atoms with E-state index in [1.54, 1.807) is 0 Å². The van der Waals surface area contributed by atoms with Gasteiger partial charge in [-0.15, -0.1) is 0 Å². The van der Waals surface area contributed by atoms with Crippen LogP contribution in [0.5, 0.6) is 0 Å². The van der Waals surface area contributed by atoms with Gasteiger partial charge in [0.25, 0.3) is 0 Å². The zero-order chi connectivity index (χ0) is 14.1. The number of rotatable bonds is 8. The van der Waals surface area contributed by atoms with Crippen molar-refractivity contribution in [2.45, 2.75) is 51.5 Å². The van der Waals surface area contributed by atoms with E-state index in [1.807, 2.05) is 18.2 Å². The number of nitrogens with one attached hydrogen (secondary N) is 1. The molecule has 0 atom stereocenters. The van der Waals surface area contributed by atoms with Crippen molar-refractivity contribution in [3.8, 4) is 0 Å². The number of aryl methyl sites for hydroxylation is 1. The zero-order valence-corrected chi connectivity index (χ0v) is 12.1. The van der Waals surface area contributed by atoms with E-state index < -0.39 is 0 Å². The summed E-state index contributed by atoms with van der Waals surface area (Å²) in [7, 11) is 0. The van der Waals surface area contributed by atoms with Crippen LogP contribution < -0.4 is 11.1 Å². The van der Waals surface area contributed by atoms with Gasteiger partial charge in [-0.1, -0.05) is 30.3 Å². The maximum absolute atomic E-state index is 11.8. The smallest absolute Gasteiger partial charge is 0.220 e. The van der Waals surface area contributed by atoms with E-state index in [0.717, 1.165) is 25.7 Å². The zero-order valence-electron chi connectivity index (χ0n) is 12.1.